The molecule has 1 aromatic carbocycles. The maximum atomic E-state index is 6.04. The quantitative estimate of drug-likeness (QED) is 0.821. The van der Waals surface area contributed by atoms with Gasteiger partial charge in [-0.1, -0.05) is 23.2 Å². The van der Waals surface area contributed by atoms with Gasteiger partial charge in [0.05, 0.1) is 22.1 Å². The molecule has 0 fully saturated rings. The molecular formula is C12H11Cl2N5S. The van der Waals surface area contributed by atoms with Crippen molar-refractivity contribution in [2.24, 2.45) is 0 Å². The standard InChI is InChI=1S/C12H11Cl2N5S/c1-6-7(2)18-19-11(15-6)17-12(20)16-10-4-3-8(13)5-9(10)14/h3-5H,1-2H3,(H2,15,16,17,19,20). The number of thiocarbonyl (C=S) groups is 1. The third-order valence-electron chi connectivity index (χ3n) is 2.50. The normalized spacial score (nSPS) is 10.2. The monoisotopic (exact) mass is 327 g/mol. The van der Waals surface area contributed by atoms with Gasteiger partial charge in [-0.25, -0.2) is 4.98 Å². The highest BCUT2D eigenvalue weighted by atomic mass is 35.5. The Bertz CT molecular complexity index is 662. The largest absolute Gasteiger partial charge is 0.331 e. The maximum absolute atomic E-state index is 6.04. The van der Waals surface area contributed by atoms with Crippen LogP contribution < -0.4 is 10.6 Å². The molecule has 0 amide bonds. The molecule has 0 radical (unpaired) electrons. The van der Waals surface area contributed by atoms with E-state index < -0.39 is 0 Å². The van der Waals surface area contributed by atoms with Crippen LogP contribution in [0.1, 0.15) is 11.4 Å². The molecule has 0 unspecified atom stereocenters. The fourth-order valence-corrected chi connectivity index (χ4v) is 2.01. The van der Waals surface area contributed by atoms with Crippen molar-refractivity contribution in [1.29, 1.82) is 0 Å². The summed E-state index contributed by atoms with van der Waals surface area (Å²) in [6.07, 6.45) is 0. The molecule has 5 nitrogen and oxygen atoms in total. The number of hydrogen-bond acceptors (Lipinski definition) is 4. The zero-order chi connectivity index (χ0) is 14.7. The summed E-state index contributed by atoms with van der Waals surface area (Å²) in [5.74, 6) is 0.329. The predicted octanol–water partition coefficient (Wildman–Crippen LogP) is 3.60. The first-order valence-electron chi connectivity index (χ1n) is 5.66. The molecule has 0 aliphatic carbocycles. The molecule has 0 saturated heterocycles. The maximum Gasteiger partial charge on any atom is 0.249 e. The van der Waals surface area contributed by atoms with Crippen LogP contribution >= 0.6 is 35.4 Å². The van der Waals surface area contributed by atoms with Crippen LogP contribution in [-0.2, 0) is 0 Å². The molecule has 0 saturated carbocycles. The van der Waals surface area contributed by atoms with E-state index in [1.54, 1.807) is 18.2 Å². The highest BCUT2D eigenvalue weighted by Crippen LogP contribution is 2.25. The fraction of sp³-hybridized carbons (Fsp3) is 0.167. The number of aryl methyl sites for hydroxylation is 2. The van der Waals surface area contributed by atoms with Crippen molar-refractivity contribution in [2.75, 3.05) is 10.6 Å². The van der Waals surface area contributed by atoms with Gasteiger partial charge >= 0.3 is 0 Å². The molecule has 2 aromatic rings. The first kappa shape index (κ1) is 14.9. The molecule has 0 bridgehead atoms. The Morgan fingerprint density at radius 3 is 2.50 bits per heavy atom. The van der Waals surface area contributed by atoms with Crippen LogP contribution in [0.5, 0.6) is 0 Å². The second-order valence-electron chi connectivity index (χ2n) is 4.01. The molecular weight excluding hydrogens is 317 g/mol. The van der Waals surface area contributed by atoms with E-state index in [1.807, 2.05) is 13.8 Å². The number of hydrogen-bond donors (Lipinski definition) is 2. The Morgan fingerprint density at radius 1 is 1.10 bits per heavy atom. The van der Waals surface area contributed by atoms with Crippen molar-refractivity contribution in [2.45, 2.75) is 13.8 Å². The van der Waals surface area contributed by atoms with E-state index in [2.05, 4.69) is 25.8 Å². The summed E-state index contributed by atoms with van der Waals surface area (Å²) in [7, 11) is 0. The third kappa shape index (κ3) is 3.75. The average molecular weight is 328 g/mol. The molecule has 0 spiro atoms. The summed E-state index contributed by atoms with van der Waals surface area (Å²) >= 11 is 17.0. The number of nitrogens with zero attached hydrogens (tertiary/aromatic N) is 3. The van der Waals surface area contributed by atoms with Gasteiger partial charge in [-0.3, -0.25) is 5.32 Å². The predicted molar refractivity (Wildman–Crippen MR) is 85.6 cm³/mol. The van der Waals surface area contributed by atoms with E-state index in [0.29, 0.717) is 26.8 Å². The first-order valence-corrected chi connectivity index (χ1v) is 6.83. The zero-order valence-electron chi connectivity index (χ0n) is 10.7. The van der Waals surface area contributed by atoms with E-state index >= 15 is 0 Å². The zero-order valence-corrected chi connectivity index (χ0v) is 13.1. The number of aromatic nitrogens is 3. The summed E-state index contributed by atoms with van der Waals surface area (Å²) in [5.41, 5.74) is 2.20. The molecule has 1 heterocycles. The van der Waals surface area contributed by atoms with Gasteiger partial charge in [-0.15, -0.1) is 5.10 Å². The number of nitrogens with one attached hydrogen (secondary N) is 2. The van der Waals surface area contributed by atoms with Crippen molar-refractivity contribution in [3.05, 3.63) is 39.6 Å². The lowest BCUT2D eigenvalue weighted by molar-refractivity contribution is 0.907. The number of rotatable bonds is 2. The fourth-order valence-electron chi connectivity index (χ4n) is 1.36. The smallest absolute Gasteiger partial charge is 0.249 e. The summed E-state index contributed by atoms with van der Waals surface area (Å²) in [6, 6.07) is 5.08. The average Bonchev–Trinajstić information content (AvgIpc) is 2.37. The topological polar surface area (TPSA) is 62.7 Å². The Labute approximate surface area is 131 Å². The molecule has 0 aliphatic heterocycles. The van der Waals surface area contributed by atoms with Crippen molar-refractivity contribution in [3.8, 4) is 0 Å². The number of anilines is 2. The van der Waals surface area contributed by atoms with Crippen molar-refractivity contribution in [1.82, 2.24) is 15.2 Å². The van der Waals surface area contributed by atoms with E-state index in [-0.39, 0.29) is 0 Å². The molecule has 0 aliphatic rings. The van der Waals surface area contributed by atoms with Crippen LogP contribution in [0.25, 0.3) is 0 Å². The molecule has 2 N–H and O–H groups in total. The Morgan fingerprint density at radius 2 is 1.85 bits per heavy atom. The summed E-state index contributed by atoms with van der Waals surface area (Å²) in [4.78, 5) is 4.22. The minimum Gasteiger partial charge on any atom is -0.331 e. The van der Waals surface area contributed by atoms with Crippen molar-refractivity contribution in [3.63, 3.8) is 0 Å². The Balaban J connectivity index is 2.07. The van der Waals surface area contributed by atoms with Crippen LogP contribution in [0.3, 0.4) is 0 Å². The SMILES string of the molecule is Cc1nnc(NC(=S)Nc2ccc(Cl)cc2Cl)nc1C. The Kier molecular flexibility index (Phi) is 4.69. The van der Waals surface area contributed by atoms with Crippen LogP contribution in [0, 0.1) is 13.8 Å². The van der Waals surface area contributed by atoms with Crippen LogP contribution in [0.15, 0.2) is 18.2 Å². The van der Waals surface area contributed by atoms with Crippen molar-refractivity contribution >= 4 is 52.2 Å². The Hall–Kier alpha value is -1.50. The van der Waals surface area contributed by atoms with E-state index in [1.165, 1.54) is 0 Å². The molecule has 0 atom stereocenters. The molecule has 2 rings (SSSR count). The van der Waals surface area contributed by atoms with E-state index in [4.69, 9.17) is 35.4 Å². The first-order chi connectivity index (χ1) is 9.45. The summed E-state index contributed by atoms with van der Waals surface area (Å²) < 4.78 is 0. The minimum absolute atomic E-state index is 0.319. The van der Waals surface area contributed by atoms with Gasteiger partial charge in [0.2, 0.25) is 5.95 Å². The van der Waals surface area contributed by atoms with Gasteiger partial charge in [0.25, 0.3) is 0 Å². The molecule has 104 valence electrons. The van der Waals surface area contributed by atoms with E-state index in [9.17, 15) is 0 Å². The van der Waals surface area contributed by atoms with Gasteiger partial charge in [0.1, 0.15) is 0 Å². The van der Waals surface area contributed by atoms with Gasteiger partial charge in [-0.2, -0.15) is 5.10 Å². The summed E-state index contributed by atoms with van der Waals surface area (Å²) in [6.45, 7) is 3.69. The van der Waals surface area contributed by atoms with Gasteiger partial charge < -0.3 is 5.32 Å². The second-order valence-corrected chi connectivity index (χ2v) is 5.26. The summed E-state index contributed by atoms with van der Waals surface area (Å²) in [5, 5.41) is 15.0. The lowest BCUT2D eigenvalue weighted by Gasteiger charge is -2.11. The van der Waals surface area contributed by atoms with Gasteiger partial charge in [-0.05, 0) is 44.3 Å². The second kappa shape index (κ2) is 6.30. The lowest BCUT2D eigenvalue weighted by atomic mass is 10.3. The molecule has 20 heavy (non-hydrogen) atoms. The van der Waals surface area contributed by atoms with Gasteiger partial charge in [0, 0.05) is 5.02 Å². The minimum atomic E-state index is 0.319. The molecule has 8 heteroatoms. The van der Waals surface area contributed by atoms with Crippen LogP contribution in [0.2, 0.25) is 10.0 Å². The number of halogens is 2. The molecule has 1 aromatic heterocycles. The van der Waals surface area contributed by atoms with E-state index in [0.717, 1.165) is 11.4 Å². The van der Waals surface area contributed by atoms with Crippen molar-refractivity contribution < 1.29 is 0 Å². The van der Waals surface area contributed by atoms with Crippen LogP contribution in [-0.4, -0.2) is 20.3 Å². The number of benzene rings is 1. The third-order valence-corrected chi connectivity index (χ3v) is 3.25. The highest BCUT2D eigenvalue weighted by molar-refractivity contribution is 7.80. The lowest BCUT2D eigenvalue weighted by Crippen LogP contribution is -2.21. The van der Waals surface area contributed by atoms with Crippen LogP contribution in [0.4, 0.5) is 11.6 Å². The highest BCUT2D eigenvalue weighted by Gasteiger charge is 2.06. The van der Waals surface area contributed by atoms with Gasteiger partial charge in [0.15, 0.2) is 5.11 Å².